The Morgan fingerprint density at radius 3 is 2.85 bits per heavy atom. The Kier molecular flexibility index (Phi) is 5.17. The number of thioether (sulfide) groups is 1. The highest BCUT2D eigenvalue weighted by Crippen LogP contribution is 2.29. The highest BCUT2D eigenvalue weighted by Gasteiger charge is 2.13. The van der Waals surface area contributed by atoms with Crippen LogP contribution in [-0.2, 0) is 16.1 Å². The van der Waals surface area contributed by atoms with Crippen molar-refractivity contribution in [3.05, 3.63) is 66.1 Å². The molecule has 8 heteroatoms. The minimum absolute atomic E-state index is 0.0306. The summed E-state index contributed by atoms with van der Waals surface area (Å²) in [4.78, 5) is 16.4. The maximum atomic E-state index is 13.8. The third-order valence-electron chi connectivity index (χ3n) is 3.67. The number of nitrogens with zero attached hydrogens (tertiary/aromatic N) is 2. The summed E-state index contributed by atoms with van der Waals surface area (Å²) in [5, 5.41) is 3.82. The van der Waals surface area contributed by atoms with Crippen LogP contribution in [0.2, 0.25) is 0 Å². The van der Waals surface area contributed by atoms with Crippen molar-refractivity contribution in [3.8, 4) is 11.3 Å². The second-order valence-corrected chi connectivity index (χ2v) is 7.81. The van der Waals surface area contributed by atoms with E-state index in [0.29, 0.717) is 17.0 Å². The molecule has 0 spiro atoms. The van der Waals surface area contributed by atoms with Gasteiger partial charge in [0.1, 0.15) is 18.1 Å². The summed E-state index contributed by atoms with van der Waals surface area (Å²) >= 11 is 2.87. The summed E-state index contributed by atoms with van der Waals surface area (Å²) in [6.07, 6.45) is 0. The zero-order valence-corrected chi connectivity index (χ0v) is 15.6. The van der Waals surface area contributed by atoms with Gasteiger partial charge in [0.15, 0.2) is 10.1 Å². The first-order chi connectivity index (χ1) is 13.2. The molecule has 4 aromatic rings. The van der Waals surface area contributed by atoms with E-state index in [2.05, 4.69) is 10.1 Å². The summed E-state index contributed by atoms with van der Waals surface area (Å²) < 4.78 is 26.0. The molecule has 0 fully saturated rings. The van der Waals surface area contributed by atoms with E-state index in [1.165, 1.54) is 29.2 Å². The van der Waals surface area contributed by atoms with Gasteiger partial charge in [-0.1, -0.05) is 41.2 Å². The fourth-order valence-corrected chi connectivity index (χ4v) is 4.26. The van der Waals surface area contributed by atoms with Crippen LogP contribution >= 0.6 is 23.1 Å². The molecule has 27 heavy (non-hydrogen) atoms. The van der Waals surface area contributed by atoms with Crippen molar-refractivity contribution in [3.63, 3.8) is 0 Å². The lowest BCUT2D eigenvalue weighted by molar-refractivity contribution is -0.141. The van der Waals surface area contributed by atoms with E-state index in [1.807, 2.05) is 24.3 Å². The molecule has 4 rings (SSSR count). The molecule has 0 aliphatic carbocycles. The maximum absolute atomic E-state index is 13.8. The van der Waals surface area contributed by atoms with Gasteiger partial charge in [-0.25, -0.2) is 9.37 Å². The zero-order valence-electron chi connectivity index (χ0n) is 13.9. The molecule has 0 saturated heterocycles. The molecule has 5 nitrogen and oxygen atoms in total. The average molecular weight is 400 g/mol. The maximum Gasteiger partial charge on any atom is 0.316 e. The van der Waals surface area contributed by atoms with Gasteiger partial charge in [-0.2, -0.15) is 0 Å². The van der Waals surface area contributed by atoms with Crippen LogP contribution < -0.4 is 0 Å². The third-order valence-corrected chi connectivity index (χ3v) is 5.82. The van der Waals surface area contributed by atoms with E-state index < -0.39 is 5.82 Å². The number of thiazole rings is 1. The summed E-state index contributed by atoms with van der Waals surface area (Å²) in [5.74, 6) is -0.334. The molecule has 0 bridgehead atoms. The molecule has 0 unspecified atom stereocenters. The van der Waals surface area contributed by atoms with E-state index in [4.69, 9.17) is 9.26 Å². The molecule has 0 N–H and O–H groups in total. The molecular weight excluding hydrogens is 387 g/mol. The molecule has 2 aromatic heterocycles. The van der Waals surface area contributed by atoms with Crippen LogP contribution in [0.5, 0.6) is 0 Å². The molecule has 2 aromatic carbocycles. The normalized spacial score (nSPS) is 11.0. The fraction of sp³-hybridized carbons (Fsp3) is 0.105. The number of carbonyl (C=O) groups is 1. The van der Waals surface area contributed by atoms with E-state index in [0.717, 1.165) is 14.6 Å². The van der Waals surface area contributed by atoms with Crippen LogP contribution in [-0.4, -0.2) is 21.9 Å². The van der Waals surface area contributed by atoms with Gasteiger partial charge >= 0.3 is 5.97 Å². The summed E-state index contributed by atoms with van der Waals surface area (Å²) in [5.41, 5.74) is 1.65. The first kappa shape index (κ1) is 17.7. The number of fused-ring (bicyclic) bond motifs is 1. The molecule has 0 aliphatic rings. The van der Waals surface area contributed by atoms with E-state index in [1.54, 1.807) is 24.3 Å². The van der Waals surface area contributed by atoms with Gasteiger partial charge in [0.25, 0.3) is 0 Å². The lowest BCUT2D eigenvalue weighted by Gasteiger charge is -2.00. The van der Waals surface area contributed by atoms with Crippen LogP contribution in [0.15, 0.2) is 63.5 Å². The highest BCUT2D eigenvalue weighted by atomic mass is 32.2. The number of ether oxygens (including phenoxy) is 1. The van der Waals surface area contributed by atoms with E-state index in [9.17, 15) is 9.18 Å². The number of hydrogen-bond donors (Lipinski definition) is 0. The van der Waals surface area contributed by atoms with E-state index >= 15 is 0 Å². The van der Waals surface area contributed by atoms with Gasteiger partial charge in [-0.05, 0) is 24.3 Å². The van der Waals surface area contributed by atoms with Gasteiger partial charge in [-0.15, -0.1) is 11.3 Å². The smallest absolute Gasteiger partial charge is 0.316 e. The molecule has 136 valence electrons. The molecule has 0 saturated carbocycles. The Hall–Kier alpha value is -2.71. The summed E-state index contributed by atoms with van der Waals surface area (Å²) in [6.45, 7) is -0.0306. The zero-order chi connectivity index (χ0) is 18.6. The molecule has 2 heterocycles. The van der Waals surface area contributed by atoms with Gasteiger partial charge in [0.05, 0.1) is 21.5 Å². The summed E-state index contributed by atoms with van der Waals surface area (Å²) in [6, 6.07) is 15.6. The number of carbonyl (C=O) groups excluding carboxylic acids is 1. The van der Waals surface area contributed by atoms with Crippen LogP contribution in [0.3, 0.4) is 0 Å². The topological polar surface area (TPSA) is 65.2 Å². The number of benzene rings is 2. The quantitative estimate of drug-likeness (QED) is 0.338. The molecular formula is C19H13FN2O3S2. The Balaban J connectivity index is 1.31. The average Bonchev–Trinajstić information content (AvgIpc) is 3.31. The van der Waals surface area contributed by atoms with Crippen LogP contribution in [0, 0.1) is 5.82 Å². The minimum atomic E-state index is -0.399. The fourth-order valence-electron chi connectivity index (χ4n) is 2.40. The predicted molar refractivity (Wildman–Crippen MR) is 102 cm³/mol. The number of halogens is 1. The van der Waals surface area contributed by atoms with Crippen molar-refractivity contribution in [2.75, 3.05) is 5.75 Å². The molecule has 0 atom stereocenters. The van der Waals surface area contributed by atoms with Crippen molar-refractivity contribution in [1.29, 1.82) is 0 Å². The number of rotatable bonds is 6. The van der Waals surface area contributed by atoms with E-state index in [-0.39, 0.29) is 18.3 Å². The first-order valence-corrected chi connectivity index (χ1v) is 9.84. The largest absolute Gasteiger partial charge is 0.458 e. The minimum Gasteiger partial charge on any atom is -0.458 e. The van der Waals surface area contributed by atoms with Crippen molar-refractivity contribution in [2.45, 2.75) is 10.9 Å². The van der Waals surface area contributed by atoms with Gasteiger partial charge in [0, 0.05) is 6.07 Å². The first-order valence-electron chi connectivity index (χ1n) is 8.03. The number of esters is 1. The van der Waals surface area contributed by atoms with Crippen LogP contribution in [0.1, 0.15) is 5.69 Å². The van der Waals surface area contributed by atoms with Crippen molar-refractivity contribution < 1.29 is 18.4 Å². The van der Waals surface area contributed by atoms with Gasteiger partial charge in [0.2, 0.25) is 0 Å². The Morgan fingerprint density at radius 1 is 1.19 bits per heavy atom. The van der Waals surface area contributed by atoms with Gasteiger partial charge < -0.3 is 9.26 Å². The molecule has 0 radical (unpaired) electrons. The summed E-state index contributed by atoms with van der Waals surface area (Å²) in [7, 11) is 0. The monoisotopic (exact) mass is 400 g/mol. The number of aromatic nitrogens is 2. The number of para-hydroxylation sites is 1. The van der Waals surface area contributed by atoms with Crippen molar-refractivity contribution >= 4 is 39.3 Å². The van der Waals surface area contributed by atoms with Gasteiger partial charge in [-0.3, -0.25) is 4.79 Å². The second kappa shape index (κ2) is 7.89. The third kappa shape index (κ3) is 4.17. The van der Waals surface area contributed by atoms with Crippen molar-refractivity contribution in [1.82, 2.24) is 10.1 Å². The standard InChI is InChI=1S/C19H13FN2O3S2/c20-14-6-2-1-5-13(14)16-9-12(22-25-16)10-24-18(23)11-26-19-21-15-7-3-4-8-17(15)27-19/h1-9H,10-11H2. The Morgan fingerprint density at radius 2 is 2.00 bits per heavy atom. The van der Waals surface area contributed by atoms with Crippen LogP contribution in [0.25, 0.3) is 21.5 Å². The Labute approximate surface area is 162 Å². The second-order valence-electron chi connectivity index (χ2n) is 5.56. The molecule has 0 amide bonds. The Bertz CT molecular complexity index is 1060. The molecule has 0 aliphatic heterocycles. The lowest BCUT2D eigenvalue weighted by atomic mass is 10.1. The van der Waals surface area contributed by atoms with Crippen LogP contribution in [0.4, 0.5) is 4.39 Å². The highest BCUT2D eigenvalue weighted by molar-refractivity contribution is 8.01. The lowest BCUT2D eigenvalue weighted by Crippen LogP contribution is -2.07. The SMILES string of the molecule is O=C(CSc1nc2ccccc2s1)OCc1cc(-c2ccccc2F)on1. The predicted octanol–water partition coefficient (Wildman–Crippen LogP) is 4.93. The number of hydrogen-bond acceptors (Lipinski definition) is 7. The van der Waals surface area contributed by atoms with Crippen molar-refractivity contribution in [2.24, 2.45) is 0 Å².